The van der Waals surface area contributed by atoms with Gasteiger partial charge in [0.1, 0.15) is 5.82 Å². The minimum atomic E-state index is -4.78. The van der Waals surface area contributed by atoms with Crippen molar-refractivity contribution >= 4 is 37.6 Å². The molecule has 0 spiro atoms. The number of carbonyl (C=O) groups is 1. The summed E-state index contributed by atoms with van der Waals surface area (Å²) < 4.78 is 50.7. The topological polar surface area (TPSA) is 17.1 Å². The molecule has 0 radical (unpaired) electrons. The number of halogens is 6. The minimum Gasteiger partial charge on any atom is -0.293 e. The summed E-state index contributed by atoms with van der Waals surface area (Å²) in [5.41, 5.74) is -2.23. The van der Waals surface area contributed by atoms with Crippen molar-refractivity contribution in [2.75, 3.05) is 5.33 Å². The first-order valence-electron chi connectivity index (χ1n) is 3.93. The molecule has 1 rings (SSSR count). The zero-order valence-electron chi connectivity index (χ0n) is 7.54. The Morgan fingerprint density at radius 2 is 1.88 bits per heavy atom. The van der Waals surface area contributed by atoms with E-state index in [1.54, 1.807) is 0 Å². The largest absolute Gasteiger partial charge is 0.418 e. The number of rotatable bonds is 2. The highest BCUT2D eigenvalue weighted by atomic mass is 79.9. The summed E-state index contributed by atoms with van der Waals surface area (Å²) in [6.07, 6.45) is -4.78. The molecule has 0 unspecified atom stereocenters. The molecule has 0 aliphatic carbocycles. The molecule has 0 N–H and O–H groups in total. The van der Waals surface area contributed by atoms with Crippen LogP contribution in [0.4, 0.5) is 17.6 Å². The van der Waals surface area contributed by atoms with Gasteiger partial charge in [0.15, 0.2) is 5.78 Å². The standard InChI is InChI=1S/C9H4Br2F4O/c10-3-6(16)7-5(12)2-1-4(11)8(7)9(13,14)15/h1-2H,3H2. The fraction of sp³-hybridized carbons (Fsp3) is 0.222. The van der Waals surface area contributed by atoms with E-state index in [4.69, 9.17) is 0 Å². The molecule has 1 aromatic carbocycles. The van der Waals surface area contributed by atoms with Crippen molar-refractivity contribution in [3.8, 4) is 0 Å². The number of hydrogen-bond acceptors (Lipinski definition) is 1. The highest BCUT2D eigenvalue weighted by molar-refractivity contribution is 9.10. The van der Waals surface area contributed by atoms with Crippen LogP contribution in [0, 0.1) is 5.82 Å². The molecule has 88 valence electrons. The maximum atomic E-state index is 13.2. The second kappa shape index (κ2) is 4.83. The van der Waals surface area contributed by atoms with Crippen LogP contribution in [-0.4, -0.2) is 11.1 Å². The molecule has 0 aliphatic rings. The number of ketones is 1. The lowest BCUT2D eigenvalue weighted by atomic mass is 10.0. The molecule has 0 saturated carbocycles. The van der Waals surface area contributed by atoms with Crippen LogP contribution in [0.3, 0.4) is 0 Å². The fourth-order valence-electron chi connectivity index (χ4n) is 1.17. The van der Waals surface area contributed by atoms with E-state index in [1.165, 1.54) is 0 Å². The third kappa shape index (κ3) is 2.63. The van der Waals surface area contributed by atoms with Crippen LogP contribution in [0.15, 0.2) is 16.6 Å². The van der Waals surface area contributed by atoms with Gasteiger partial charge in [-0.05, 0) is 12.1 Å². The van der Waals surface area contributed by atoms with Gasteiger partial charge < -0.3 is 0 Å². The smallest absolute Gasteiger partial charge is 0.293 e. The maximum absolute atomic E-state index is 13.2. The molecular formula is C9H4Br2F4O. The summed E-state index contributed by atoms with van der Waals surface area (Å²) in [5.74, 6) is -2.13. The molecule has 0 saturated heterocycles. The average Bonchev–Trinajstić information content (AvgIpc) is 2.18. The fourth-order valence-corrected chi connectivity index (χ4v) is 2.00. The van der Waals surface area contributed by atoms with Crippen molar-refractivity contribution in [2.45, 2.75) is 6.18 Å². The Kier molecular flexibility index (Phi) is 4.12. The maximum Gasteiger partial charge on any atom is 0.418 e. The van der Waals surface area contributed by atoms with Crippen molar-refractivity contribution in [1.29, 1.82) is 0 Å². The number of hydrogen-bond donors (Lipinski definition) is 0. The highest BCUT2D eigenvalue weighted by Gasteiger charge is 2.38. The number of Topliss-reactive ketones (excluding diaryl/α,β-unsaturated/α-hetero) is 1. The Morgan fingerprint density at radius 1 is 1.31 bits per heavy atom. The molecule has 0 aromatic heterocycles. The highest BCUT2D eigenvalue weighted by Crippen LogP contribution is 2.38. The van der Waals surface area contributed by atoms with E-state index in [1.807, 2.05) is 0 Å². The molecule has 0 fully saturated rings. The normalized spacial score (nSPS) is 11.6. The Balaban J connectivity index is 3.56. The second-order valence-corrected chi connectivity index (χ2v) is 4.25. The lowest BCUT2D eigenvalue weighted by Crippen LogP contribution is -2.16. The predicted octanol–water partition coefficient (Wildman–Crippen LogP) is 4.18. The molecule has 0 amide bonds. The van der Waals surface area contributed by atoms with Gasteiger partial charge in [0.25, 0.3) is 0 Å². The van der Waals surface area contributed by atoms with Crippen LogP contribution < -0.4 is 0 Å². The summed E-state index contributed by atoms with van der Waals surface area (Å²) in [6.45, 7) is 0. The van der Waals surface area contributed by atoms with Crippen LogP contribution >= 0.6 is 31.9 Å². The first-order valence-corrected chi connectivity index (χ1v) is 5.85. The van der Waals surface area contributed by atoms with Gasteiger partial charge in [-0.1, -0.05) is 31.9 Å². The summed E-state index contributed by atoms with van der Waals surface area (Å²) in [5, 5.41) is -0.372. The minimum absolute atomic E-state index is 0.356. The van der Waals surface area contributed by atoms with Crippen molar-refractivity contribution in [1.82, 2.24) is 0 Å². The first-order chi connectivity index (χ1) is 7.29. The third-order valence-electron chi connectivity index (χ3n) is 1.79. The Hall–Kier alpha value is -0.430. The van der Waals surface area contributed by atoms with E-state index >= 15 is 0 Å². The quantitative estimate of drug-likeness (QED) is 0.437. The van der Waals surface area contributed by atoms with Crippen molar-refractivity contribution in [3.05, 3.63) is 33.5 Å². The predicted molar refractivity (Wildman–Crippen MR) is 57.2 cm³/mol. The van der Waals surface area contributed by atoms with Gasteiger partial charge in [-0.2, -0.15) is 13.2 Å². The molecule has 1 aromatic rings. The summed E-state index contributed by atoms with van der Waals surface area (Å²) in [4.78, 5) is 11.2. The molecule has 7 heteroatoms. The number of alkyl halides is 4. The molecule has 16 heavy (non-hydrogen) atoms. The Morgan fingerprint density at radius 3 is 2.31 bits per heavy atom. The van der Waals surface area contributed by atoms with E-state index < -0.39 is 28.9 Å². The van der Waals surface area contributed by atoms with E-state index in [-0.39, 0.29) is 9.80 Å². The van der Waals surface area contributed by atoms with Gasteiger partial charge in [-0.25, -0.2) is 4.39 Å². The summed E-state index contributed by atoms with van der Waals surface area (Å²) >= 11 is 5.37. The van der Waals surface area contributed by atoms with Gasteiger partial charge in [0.2, 0.25) is 0 Å². The van der Waals surface area contributed by atoms with E-state index in [0.717, 1.165) is 12.1 Å². The van der Waals surface area contributed by atoms with Crippen LogP contribution in [0.25, 0.3) is 0 Å². The van der Waals surface area contributed by atoms with Crippen LogP contribution in [0.5, 0.6) is 0 Å². The molecule has 0 aliphatic heterocycles. The summed E-state index contributed by atoms with van der Waals surface area (Å²) in [7, 11) is 0. The average molecular weight is 364 g/mol. The Bertz CT molecular complexity index is 428. The van der Waals surface area contributed by atoms with Crippen LogP contribution in [0.1, 0.15) is 15.9 Å². The third-order valence-corrected chi connectivity index (χ3v) is 2.96. The Labute approximate surface area is 105 Å². The van der Waals surface area contributed by atoms with E-state index in [9.17, 15) is 22.4 Å². The van der Waals surface area contributed by atoms with Crippen LogP contribution in [-0.2, 0) is 6.18 Å². The van der Waals surface area contributed by atoms with Gasteiger partial charge in [-0.15, -0.1) is 0 Å². The summed E-state index contributed by atoms with van der Waals surface area (Å²) in [6, 6.07) is 1.73. The molecular weight excluding hydrogens is 360 g/mol. The van der Waals surface area contributed by atoms with Crippen molar-refractivity contribution in [2.24, 2.45) is 0 Å². The van der Waals surface area contributed by atoms with Gasteiger partial charge >= 0.3 is 6.18 Å². The van der Waals surface area contributed by atoms with Gasteiger partial charge in [-0.3, -0.25) is 4.79 Å². The molecule has 0 bridgehead atoms. The lowest BCUT2D eigenvalue weighted by Gasteiger charge is -2.13. The molecule has 0 atom stereocenters. The van der Waals surface area contributed by atoms with Gasteiger partial charge in [0, 0.05) is 4.47 Å². The van der Waals surface area contributed by atoms with E-state index in [2.05, 4.69) is 31.9 Å². The molecule has 0 heterocycles. The van der Waals surface area contributed by atoms with E-state index in [0.29, 0.717) is 0 Å². The lowest BCUT2D eigenvalue weighted by molar-refractivity contribution is -0.138. The number of carbonyl (C=O) groups excluding carboxylic acids is 1. The van der Waals surface area contributed by atoms with Gasteiger partial charge in [0.05, 0.1) is 16.5 Å². The zero-order valence-corrected chi connectivity index (χ0v) is 10.7. The van der Waals surface area contributed by atoms with Crippen molar-refractivity contribution in [3.63, 3.8) is 0 Å². The SMILES string of the molecule is O=C(CBr)c1c(F)ccc(Br)c1C(F)(F)F. The number of benzene rings is 1. The van der Waals surface area contributed by atoms with Crippen LogP contribution in [0.2, 0.25) is 0 Å². The zero-order chi connectivity index (χ0) is 12.5. The van der Waals surface area contributed by atoms with Crippen molar-refractivity contribution < 1.29 is 22.4 Å². The second-order valence-electron chi connectivity index (χ2n) is 2.83. The monoisotopic (exact) mass is 362 g/mol. The molecule has 1 nitrogen and oxygen atoms in total. The first kappa shape index (κ1) is 13.6.